The van der Waals surface area contributed by atoms with Crippen molar-refractivity contribution < 1.29 is 0 Å². The summed E-state index contributed by atoms with van der Waals surface area (Å²) in [6.45, 7) is 7.82. The zero-order valence-electron chi connectivity index (χ0n) is 13.2. The molecule has 0 spiro atoms. The number of rotatable bonds is 5. The molecule has 0 aromatic carbocycles. The van der Waals surface area contributed by atoms with Crippen LogP contribution in [0.2, 0.25) is 0 Å². The molecule has 5 heteroatoms. The Bertz CT molecular complexity index is 432. The van der Waals surface area contributed by atoms with Crippen molar-refractivity contribution in [3.8, 4) is 0 Å². The number of piperidine rings is 1. The molecule has 5 nitrogen and oxygen atoms in total. The number of hydrogen-bond acceptors (Lipinski definition) is 5. The van der Waals surface area contributed by atoms with Crippen molar-refractivity contribution in [2.45, 2.75) is 39.2 Å². The van der Waals surface area contributed by atoms with Gasteiger partial charge in [-0.3, -0.25) is 0 Å². The molecule has 0 amide bonds. The number of aromatic nitrogens is 2. The minimum atomic E-state index is 0.498. The number of anilines is 2. The van der Waals surface area contributed by atoms with Crippen LogP contribution in [0, 0.1) is 0 Å². The maximum atomic E-state index is 4.61. The fourth-order valence-electron chi connectivity index (χ4n) is 2.61. The first kappa shape index (κ1) is 15.0. The Kier molecular flexibility index (Phi) is 5.17. The van der Waals surface area contributed by atoms with Gasteiger partial charge in [0.25, 0.3) is 0 Å². The maximum Gasteiger partial charge on any atom is 0.226 e. The summed E-state index contributed by atoms with van der Waals surface area (Å²) >= 11 is 0. The minimum absolute atomic E-state index is 0.498. The molecule has 1 unspecified atom stereocenters. The number of likely N-dealkylation sites (N-methyl/N-ethyl adjacent to an activating group) is 1. The second-order valence-corrected chi connectivity index (χ2v) is 5.67. The van der Waals surface area contributed by atoms with E-state index >= 15 is 0 Å². The molecule has 0 aliphatic carbocycles. The van der Waals surface area contributed by atoms with Crippen LogP contribution in [0.5, 0.6) is 0 Å². The van der Waals surface area contributed by atoms with E-state index < -0.39 is 0 Å². The molecule has 1 atom stereocenters. The molecule has 1 aliphatic rings. The van der Waals surface area contributed by atoms with Gasteiger partial charge in [-0.1, -0.05) is 13.8 Å². The van der Waals surface area contributed by atoms with E-state index in [9.17, 15) is 0 Å². The van der Waals surface area contributed by atoms with Crippen LogP contribution in [0.15, 0.2) is 6.07 Å². The average Bonchev–Trinajstić information content (AvgIpc) is 2.47. The third kappa shape index (κ3) is 3.82. The zero-order valence-corrected chi connectivity index (χ0v) is 13.2. The first-order chi connectivity index (χ1) is 9.62. The molecule has 0 saturated carbocycles. The number of nitrogens with zero attached hydrogens (tertiary/aromatic N) is 4. The largest absolute Gasteiger partial charge is 0.366 e. The molecule has 1 aliphatic heterocycles. The topological polar surface area (TPSA) is 44.3 Å². The lowest BCUT2D eigenvalue weighted by atomic mass is 10.1. The lowest BCUT2D eigenvalue weighted by Gasteiger charge is -2.32. The highest BCUT2D eigenvalue weighted by atomic mass is 15.2. The predicted molar refractivity (Wildman–Crippen MR) is 84.5 cm³/mol. The Morgan fingerprint density at radius 2 is 2.15 bits per heavy atom. The third-order valence-corrected chi connectivity index (χ3v) is 3.83. The van der Waals surface area contributed by atoms with E-state index in [0.29, 0.717) is 6.04 Å². The number of hydrogen-bond donors (Lipinski definition) is 1. The summed E-state index contributed by atoms with van der Waals surface area (Å²) in [5, 5.41) is 3.60. The smallest absolute Gasteiger partial charge is 0.226 e. The van der Waals surface area contributed by atoms with Crippen molar-refractivity contribution in [2.24, 2.45) is 0 Å². The summed E-state index contributed by atoms with van der Waals surface area (Å²) < 4.78 is 0. The fraction of sp³-hybridized carbons (Fsp3) is 0.733. The molecule has 2 heterocycles. The molecule has 0 radical (unpaired) electrons. The first-order valence-corrected chi connectivity index (χ1v) is 7.66. The fourth-order valence-corrected chi connectivity index (χ4v) is 2.61. The molecule has 1 N–H and O–H groups in total. The minimum Gasteiger partial charge on any atom is -0.366 e. The Morgan fingerprint density at radius 1 is 1.35 bits per heavy atom. The van der Waals surface area contributed by atoms with Crippen LogP contribution in [0.4, 0.5) is 11.8 Å². The van der Waals surface area contributed by atoms with Gasteiger partial charge in [0.05, 0.1) is 0 Å². The summed E-state index contributed by atoms with van der Waals surface area (Å²) in [6, 6.07) is 2.58. The molecule has 1 fully saturated rings. The molecule has 2 rings (SSSR count). The van der Waals surface area contributed by atoms with E-state index in [4.69, 9.17) is 0 Å². The Balaban J connectivity index is 2.09. The third-order valence-electron chi connectivity index (χ3n) is 3.83. The highest BCUT2D eigenvalue weighted by Gasteiger charge is 2.19. The SMILES string of the molecule is CCc1cc(NC2CCCN(CC)C2)nc(N(C)C)n1. The molecule has 112 valence electrons. The van der Waals surface area contributed by atoms with Crippen LogP contribution in [-0.4, -0.2) is 54.6 Å². The maximum absolute atomic E-state index is 4.61. The van der Waals surface area contributed by atoms with Crippen LogP contribution in [0.1, 0.15) is 32.4 Å². The summed E-state index contributed by atoms with van der Waals surface area (Å²) in [7, 11) is 3.97. The zero-order chi connectivity index (χ0) is 14.5. The lowest BCUT2D eigenvalue weighted by Crippen LogP contribution is -2.42. The van der Waals surface area contributed by atoms with Gasteiger partial charge in [-0.2, -0.15) is 4.98 Å². The van der Waals surface area contributed by atoms with E-state index in [1.54, 1.807) is 0 Å². The van der Waals surface area contributed by atoms with E-state index in [-0.39, 0.29) is 0 Å². The van der Waals surface area contributed by atoms with E-state index in [0.717, 1.165) is 37.0 Å². The Morgan fingerprint density at radius 3 is 2.80 bits per heavy atom. The van der Waals surface area contributed by atoms with Gasteiger partial charge in [-0.05, 0) is 32.4 Å². The summed E-state index contributed by atoms with van der Waals surface area (Å²) in [5.74, 6) is 1.75. The van der Waals surface area contributed by atoms with Crippen molar-refractivity contribution in [1.29, 1.82) is 0 Å². The van der Waals surface area contributed by atoms with Gasteiger partial charge in [0, 0.05) is 38.4 Å². The molecular weight excluding hydrogens is 250 g/mol. The van der Waals surface area contributed by atoms with Crippen molar-refractivity contribution in [2.75, 3.05) is 43.9 Å². The van der Waals surface area contributed by atoms with Crippen LogP contribution >= 0.6 is 0 Å². The second-order valence-electron chi connectivity index (χ2n) is 5.67. The second kappa shape index (κ2) is 6.88. The predicted octanol–water partition coefficient (Wildman–Crippen LogP) is 2.00. The van der Waals surface area contributed by atoms with Crippen LogP contribution in [0.3, 0.4) is 0 Å². The first-order valence-electron chi connectivity index (χ1n) is 7.66. The molecule has 1 aromatic rings. The Labute approximate surface area is 122 Å². The molecule has 1 aromatic heterocycles. The summed E-state index contributed by atoms with van der Waals surface area (Å²) in [6.07, 6.45) is 3.42. The van der Waals surface area contributed by atoms with Gasteiger partial charge in [0.1, 0.15) is 5.82 Å². The van der Waals surface area contributed by atoms with Crippen LogP contribution in [0.25, 0.3) is 0 Å². The lowest BCUT2D eigenvalue weighted by molar-refractivity contribution is 0.226. The van der Waals surface area contributed by atoms with Crippen molar-refractivity contribution in [3.05, 3.63) is 11.8 Å². The number of likely N-dealkylation sites (tertiary alicyclic amines) is 1. The van der Waals surface area contributed by atoms with Crippen LogP contribution in [-0.2, 0) is 6.42 Å². The van der Waals surface area contributed by atoms with Gasteiger partial charge in [0.2, 0.25) is 5.95 Å². The highest BCUT2D eigenvalue weighted by molar-refractivity contribution is 5.44. The number of aryl methyl sites for hydroxylation is 1. The Hall–Kier alpha value is -1.36. The van der Waals surface area contributed by atoms with Crippen molar-refractivity contribution in [1.82, 2.24) is 14.9 Å². The van der Waals surface area contributed by atoms with E-state index in [2.05, 4.69) is 40.1 Å². The van der Waals surface area contributed by atoms with Gasteiger partial charge >= 0.3 is 0 Å². The molecule has 1 saturated heterocycles. The molecule has 20 heavy (non-hydrogen) atoms. The summed E-state index contributed by atoms with van der Waals surface area (Å²) in [4.78, 5) is 13.6. The monoisotopic (exact) mass is 277 g/mol. The standard InChI is InChI=1S/C15H27N5/c1-5-12-10-14(18-15(17-12)19(3)4)16-13-8-7-9-20(6-2)11-13/h10,13H,5-9,11H2,1-4H3,(H,16,17,18). The van der Waals surface area contributed by atoms with Gasteiger partial charge in [0.15, 0.2) is 0 Å². The quantitative estimate of drug-likeness (QED) is 0.892. The summed E-state index contributed by atoms with van der Waals surface area (Å²) in [5.41, 5.74) is 1.09. The van der Waals surface area contributed by atoms with Crippen molar-refractivity contribution >= 4 is 11.8 Å². The average molecular weight is 277 g/mol. The molecular formula is C15H27N5. The van der Waals surface area contributed by atoms with Crippen LogP contribution < -0.4 is 10.2 Å². The molecule has 0 bridgehead atoms. The van der Waals surface area contributed by atoms with Gasteiger partial charge in [-0.15, -0.1) is 0 Å². The van der Waals surface area contributed by atoms with Gasteiger partial charge in [-0.25, -0.2) is 4.98 Å². The number of nitrogens with one attached hydrogen (secondary N) is 1. The normalized spacial score (nSPS) is 19.9. The van der Waals surface area contributed by atoms with Gasteiger partial charge < -0.3 is 15.1 Å². The van der Waals surface area contributed by atoms with Crippen molar-refractivity contribution in [3.63, 3.8) is 0 Å². The van der Waals surface area contributed by atoms with E-state index in [1.807, 2.05) is 19.0 Å². The highest BCUT2D eigenvalue weighted by Crippen LogP contribution is 2.17. The van der Waals surface area contributed by atoms with E-state index in [1.165, 1.54) is 19.4 Å².